The molecule has 0 N–H and O–H groups in total. The standard InChI is InChI=1S/BH4IP6.2K/c1-5-8(4)7(2)6-3;;/h3-4H2;;/q-2;2*+1. The van der Waals surface area contributed by atoms with E-state index in [9.17, 15) is 0 Å². The van der Waals surface area contributed by atoms with Gasteiger partial charge in [0, 0.05) is 0 Å². The third-order valence-corrected chi connectivity index (χ3v) is 36.7. The van der Waals surface area contributed by atoms with Crippen molar-refractivity contribution in [2.75, 3.05) is 0 Å². The van der Waals surface area contributed by atoms with Gasteiger partial charge in [-0.3, -0.25) is 15.9 Å². The van der Waals surface area contributed by atoms with Gasteiger partial charge < -0.3 is 16.1 Å². The van der Waals surface area contributed by atoms with Crippen LogP contribution in [0.3, 0.4) is 0 Å². The molecule has 0 amide bonds. The van der Waals surface area contributed by atoms with Crippen LogP contribution in [0, 0.1) is 0 Å². The molecule has 0 fully saturated rings. The molecule has 2 radical (unpaired) electrons. The van der Waals surface area contributed by atoms with Crippen molar-refractivity contribution >= 4 is 75.5 Å². The summed E-state index contributed by atoms with van der Waals surface area (Å²) >= 11 is 2.48. The van der Waals surface area contributed by atoms with Gasteiger partial charge >= 0.3 is 103 Å². The molecule has 0 aromatic carbocycles. The van der Waals surface area contributed by atoms with Gasteiger partial charge in [-0.15, -0.1) is 8.93 Å². The van der Waals surface area contributed by atoms with Crippen LogP contribution in [0.4, 0.5) is 0 Å². The summed E-state index contributed by atoms with van der Waals surface area (Å²) in [5.41, 5.74) is 0. The Hall–Kier alpha value is 6.65. The van der Waals surface area contributed by atoms with Crippen LogP contribution in [0.25, 0.3) is 0 Å². The molecule has 0 aromatic heterocycles. The van der Waals surface area contributed by atoms with Crippen molar-refractivity contribution in [2.24, 2.45) is 0 Å². The zero-order valence-corrected chi connectivity index (χ0v) is 20.2. The van der Waals surface area contributed by atoms with Crippen LogP contribution >= 0.6 is 67.9 Å². The fourth-order valence-electron chi connectivity index (χ4n) is 0.0955. The van der Waals surface area contributed by atoms with Gasteiger partial charge in [0.2, 0.25) is 0 Å². The Morgan fingerprint density at radius 2 is 1.80 bits per heavy atom. The van der Waals surface area contributed by atoms with Crippen LogP contribution in [0.15, 0.2) is 0 Å². The molecular formula is H4BIK2P6. The monoisotopic (exact) mass is 406 g/mol. The van der Waals surface area contributed by atoms with E-state index >= 15 is 0 Å². The Morgan fingerprint density at radius 1 is 1.40 bits per heavy atom. The first-order valence-electron chi connectivity index (χ1n) is 1.54. The Balaban J connectivity index is -0.000000245. The second-order valence-electron chi connectivity index (χ2n) is 0.792. The van der Waals surface area contributed by atoms with Crippen LogP contribution in [-0.4, -0.2) is 7.57 Å². The van der Waals surface area contributed by atoms with Crippen molar-refractivity contribution in [1.82, 2.24) is 0 Å². The van der Waals surface area contributed by atoms with E-state index in [0.29, 0.717) is 0 Å². The fraction of sp³-hybridized carbons (Fsp3) is 0. The Labute approximate surface area is 173 Å². The van der Waals surface area contributed by atoms with E-state index in [2.05, 4.69) is 39.9 Å². The summed E-state index contributed by atoms with van der Waals surface area (Å²) in [6.45, 7) is 0.0453. The van der Waals surface area contributed by atoms with Crippen molar-refractivity contribution in [3.63, 3.8) is 0 Å². The molecule has 0 spiro atoms. The van der Waals surface area contributed by atoms with Crippen molar-refractivity contribution in [3.8, 4) is 0 Å². The third-order valence-electron chi connectivity index (χ3n) is 0.383. The predicted molar refractivity (Wildman–Crippen MR) is 66.9 cm³/mol. The van der Waals surface area contributed by atoms with Gasteiger partial charge in [-0.2, -0.15) is 12.5 Å². The summed E-state index contributed by atoms with van der Waals surface area (Å²) in [6.07, 6.45) is 0. The fourth-order valence-corrected chi connectivity index (χ4v) is 18.3. The predicted octanol–water partition coefficient (Wildman–Crippen LogP) is -1.39. The average molecular weight is 406 g/mol. The smallest absolute Gasteiger partial charge is 0.548 e. The molecule has 10 heavy (non-hydrogen) atoms. The average Bonchev–Trinajstić information content (AvgIpc) is 1.84. The van der Waals surface area contributed by atoms with E-state index in [-0.39, 0.29) is 115 Å². The summed E-state index contributed by atoms with van der Waals surface area (Å²) in [4.78, 5) is 0.156. The van der Waals surface area contributed by atoms with Gasteiger partial charge in [0.1, 0.15) is 0 Å². The van der Waals surface area contributed by atoms with Crippen LogP contribution in [0.2, 0.25) is 0 Å². The van der Waals surface area contributed by atoms with E-state index in [1.54, 1.807) is 0 Å². The molecule has 0 aliphatic rings. The van der Waals surface area contributed by atoms with E-state index in [1.165, 1.54) is 7.96 Å². The number of halogens is 1. The van der Waals surface area contributed by atoms with Gasteiger partial charge in [-0.05, 0) is 0 Å². The summed E-state index contributed by atoms with van der Waals surface area (Å²) in [5.74, 6) is 0. The molecule has 0 aromatic rings. The first kappa shape index (κ1) is 21.9. The van der Waals surface area contributed by atoms with Gasteiger partial charge in [-0.1, -0.05) is 22.0 Å². The van der Waals surface area contributed by atoms with E-state index in [4.69, 9.17) is 7.57 Å². The maximum Gasteiger partial charge on any atom is 1.00 e. The van der Waals surface area contributed by atoms with E-state index < -0.39 is 0 Å². The van der Waals surface area contributed by atoms with Crippen molar-refractivity contribution in [1.29, 1.82) is 0 Å². The molecule has 0 heterocycles. The minimum Gasteiger partial charge on any atom is -0.548 e. The summed E-state index contributed by atoms with van der Waals surface area (Å²) < 4.78 is 0. The van der Waals surface area contributed by atoms with Crippen molar-refractivity contribution in [3.05, 3.63) is 0 Å². The summed E-state index contributed by atoms with van der Waals surface area (Å²) in [6, 6.07) is 0. The minimum absolute atomic E-state index is 0. The first-order valence-corrected chi connectivity index (χ1v) is 14.2. The molecule has 0 bridgehead atoms. The second-order valence-corrected chi connectivity index (χ2v) is 24.3. The summed E-state index contributed by atoms with van der Waals surface area (Å²) in [7, 11) is 13.5. The Morgan fingerprint density at radius 3 is 1.90 bits per heavy atom. The number of hydrogen-bond donors (Lipinski definition) is 0. The number of rotatable bonds is 3. The zero-order chi connectivity index (χ0) is 6.57. The molecule has 0 nitrogen and oxygen atoms in total. The van der Waals surface area contributed by atoms with Crippen LogP contribution in [0.5, 0.6) is 0 Å². The summed E-state index contributed by atoms with van der Waals surface area (Å²) in [5, 5.41) is 0. The third kappa shape index (κ3) is 12.7. The first-order chi connectivity index (χ1) is 3.72. The van der Waals surface area contributed by atoms with Crippen LogP contribution < -0.4 is 103 Å². The molecule has 0 aliphatic heterocycles. The maximum absolute atomic E-state index is 5.43. The molecule has 4 unspecified atom stereocenters. The normalized spacial score (nSPS) is 16.7. The molecule has 4 atom stereocenters. The van der Waals surface area contributed by atoms with Crippen molar-refractivity contribution < 1.29 is 103 Å². The van der Waals surface area contributed by atoms with Gasteiger partial charge in [0.15, 0.2) is 0 Å². The Bertz CT molecular complexity index is 55.7. The molecule has 0 saturated heterocycles. The second kappa shape index (κ2) is 15.6. The maximum atomic E-state index is 5.43. The Kier molecular flexibility index (Phi) is 34.2. The van der Waals surface area contributed by atoms with E-state index in [0.717, 1.165) is 8.15 Å². The molecule has 10 heteroatoms. The molecule has 0 aliphatic carbocycles. The largest absolute Gasteiger partial charge is 1.00 e. The molecule has 0 saturated carbocycles. The van der Waals surface area contributed by atoms with E-state index in [1.807, 2.05) is 0 Å². The van der Waals surface area contributed by atoms with Gasteiger partial charge in [0.05, 0.1) is 0 Å². The quantitative estimate of drug-likeness (QED) is 0.308. The topological polar surface area (TPSA) is 0 Å². The number of hydrogen-bond acceptors (Lipinski definition) is 0. The molecule has 0 rings (SSSR count). The van der Waals surface area contributed by atoms with Crippen molar-refractivity contribution in [2.45, 2.75) is 0 Å². The van der Waals surface area contributed by atoms with Gasteiger partial charge in [-0.25, -0.2) is 0 Å². The molecule has 46 valence electrons. The zero-order valence-electron chi connectivity index (χ0n) is 5.90. The van der Waals surface area contributed by atoms with Crippen LogP contribution in [0.1, 0.15) is 0 Å². The SMILES string of the molecule is [B][P-]P(P)P(I)[P-]P.[K+].[K+]. The minimum atomic E-state index is 0. The van der Waals surface area contributed by atoms with Crippen LogP contribution in [-0.2, 0) is 0 Å². The molecular weight excluding hydrogens is 402 g/mol. The van der Waals surface area contributed by atoms with Gasteiger partial charge in [0.25, 0.3) is 0 Å².